The second-order valence-electron chi connectivity index (χ2n) is 18.0. The summed E-state index contributed by atoms with van der Waals surface area (Å²) in [6, 6.07) is 58.0. The van der Waals surface area contributed by atoms with Gasteiger partial charge in [0.1, 0.15) is 11.5 Å². The predicted molar refractivity (Wildman–Crippen MR) is 281 cm³/mol. The Bertz CT molecular complexity index is 3140. The minimum Gasteiger partial charge on any atom is -0.317 e. The molecule has 7 nitrogen and oxygen atoms in total. The van der Waals surface area contributed by atoms with E-state index < -0.39 is 0 Å². The molecule has 1 aromatic heterocycles. The average molecular weight is 893 g/mol. The number of likely N-dealkylation sites (N-methyl/N-ethyl adjacent to an activating group) is 2. The van der Waals surface area contributed by atoms with Gasteiger partial charge in [-0.25, -0.2) is 9.97 Å². The van der Waals surface area contributed by atoms with Crippen LogP contribution in [0.2, 0.25) is 0 Å². The van der Waals surface area contributed by atoms with Gasteiger partial charge in [-0.2, -0.15) is 0 Å². The Labute approximate surface area is 399 Å². The molecule has 3 heterocycles. The van der Waals surface area contributed by atoms with Gasteiger partial charge >= 0.3 is 0 Å². The Balaban J connectivity index is 1.32. The van der Waals surface area contributed by atoms with Crippen molar-refractivity contribution in [2.75, 3.05) is 23.9 Å². The lowest BCUT2D eigenvalue weighted by atomic mass is 9.91. The lowest BCUT2D eigenvalue weighted by Crippen LogP contribution is -2.26. The summed E-state index contributed by atoms with van der Waals surface area (Å²) in [5.41, 5.74) is 16.2. The minimum absolute atomic E-state index is 0.167. The fraction of sp³-hybridized carbons (Fsp3) is 0.153. The topological polar surface area (TPSA) is 55.8 Å². The molecule has 7 aromatic carbocycles. The zero-order valence-corrected chi connectivity index (χ0v) is 39.7. The first-order chi connectivity index (χ1) is 32.5. The molecule has 0 spiro atoms. The number of carbonyl (C=O) groups excluding carboxylic acids is 1. The zero-order valence-electron chi connectivity index (χ0n) is 38.9. The number of allylic oxidation sites excluding steroid dienone is 2. The maximum atomic E-state index is 13.9. The summed E-state index contributed by atoms with van der Waals surface area (Å²) < 4.78 is 0. The number of nitrogens with zero attached hydrogens (tertiary/aromatic N) is 6. The molecular formula is C59H52N6OS. The van der Waals surface area contributed by atoms with Crippen LogP contribution in [0.25, 0.3) is 55.5 Å². The Kier molecular flexibility index (Phi) is 11.4. The monoisotopic (exact) mass is 892 g/mol. The van der Waals surface area contributed by atoms with Gasteiger partial charge in [0.15, 0.2) is 16.7 Å². The van der Waals surface area contributed by atoms with Gasteiger partial charge in [0.2, 0.25) is 0 Å². The summed E-state index contributed by atoms with van der Waals surface area (Å²) in [6.45, 7) is 11.1. The summed E-state index contributed by atoms with van der Waals surface area (Å²) >= 11 is 5.73. The number of fused-ring (bicyclic) bond motifs is 2. The van der Waals surface area contributed by atoms with E-state index in [1.54, 1.807) is 11.9 Å². The quantitative estimate of drug-likeness (QED) is 0.106. The molecule has 0 N–H and O–H groups in total. The fourth-order valence-corrected chi connectivity index (χ4v) is 9.61. The second-order valence-corrected chi connectivity index (χ2v) is 18.4. The highest BCUT2D eigenvalue weighted by Gasteiger charge is 2.42. The maximum absolute atomic E-state index is 13.9. The number of thiocarbonyl (C=S) groups is 1. The molecule has 8 heteroatoms. The number of aromatic nitrogens is 2. The highest BCUT2D eigenvalue weighted by atomic mass is 32.1. The summed E-state index contributed by atoms with van der Waals surface area (Å²) in [5.74, 6) is 2.34. The normalized spacial score (nSPS) is 15.1. The third-order valence-corrected chi connectivity index (χ3v) is 13.5. The Morgan fingerprint density at radius 1 is 0.493 bits per heavy atom. The first-order valence-electron chi connectivity index (χ1n) is 22.9. The van der Waals surface area contributed by atoms with Gasteiger partial charge in [0.25, 0.3) is 5.91 Å². The highest BCUT2D eigenvalue weighted by Crippen LogP contribution is 2.55. The van der Waals surface area contributed by atoms with Crippen molar-refractivity contribution in [2.45, 2.75) is 46.5 Å². The van der Waals surface area contributed by atoms with Crippen LogP contribution < -0.4 is 9.80 Å². The van der Waals surface area contributed by atoms with Crippen LogP contribution in [-0.2, 0) is 4.79 Å². The molecule has 0 saturated carbocycles. The molecule has 0 aliphatic carbocycles. The smallest absolute Gasteiger partial charge is 0.276 e. The Morgan fingerprint density at radius 3 is 1.34 bits per heavy atom. The van der Waals surface area contributed by atoms with Gasteiger partial charge in [-0.1, -0.05) is 167 Å². The zero-order chi connectivity index (χ0) is 46.5. The molecular weight excluding hydrogens is 841 g/mol. The van der Waals surface area contributed by atoms with Crippen molar-refractivity contribution in [1.82, 2.24) is 19.8 Å². The second kappa shape index (κ2) is 17.6. The number of aryl methyl sites for hydroxylation is 1. The Hall–Kier alpha value is -7.68. The van der Waals surface area contributed by atoms with Crippen LogP contribution in [0, 0.1) is 6.92 Å². The summed E-state index contributed by atoms with van der Waals surface area (Å²) in [7, 11) is 3.57. The van der Waals surface area contributed by atoms with Gasteiger partial charge in [-0.05, 0) is 117 Å². The van der Waals surface area contributed by atoms with E-state index in [0.29, 0.717) is 22.4 Å². The van der Waals surface area contributed by atoms with E-state index in [-0.39, 0.29) is 17.7 Å². The first-order valence-corrected chi connectivity index (χ1v) is 23.3. The largest absolute Gasteiger partial charge is 0.317 e. The molecule has 67 heavy (non-hydrogen) atoms. The van der Waals surface area contributed by atoms with Gasteiger partial charge in [-0.15, -0.1) is 0 Å². The van der Waals surface area contributed by atoms with Crippen molar-refractivity contribution in [3.8, 4) is 44.5 Å². The molecule has 2 aliphatic rings. The molecule has 0 radical (unpaired) electrons. The van der Waals surface area contributed by atoms with Crippen molar-refractivity contribution >= 4 is 57.3 Å². The van der Waals surface area contributed by atoms with Crippen LogP contribution in [0.3, 0.4) is 0 Å². The SMILES string of the molecule is Cc1cc(-c2ccc(-c3ccccc3)cc2)c(N2/C(=C/C=C3\C(=O)N(C)C(=S)N3C)N(c3c(C(C)C)cccc3C(C)C)c3nc4ccccc4nc32)c(-c2ccc(-c3ccccc3)cc2)c1. The lowest BCUT2D eigenvalue weighted by Gasteiger charge is -2.32. The average Bonchev–Trinajstić information content (AvgIpc) is 3.75. The number of anilines is 4. The number of para-hydroxylation sites is 3. The van der Waals surface area contributed by atoms with Crippen LogP contribution >= 0.6 is 12.2 Å². The van der Waals surface area contributed by atoms with E-state index in [4.69, 9.17) is 22.2 Å². The molecule has 1 saturated heterocycles. The molecule has 330 valence electrons. The van der Waals surface area contributed by atoms with E-state index in [0.717, 1.165) is 78.3 Å². The first kappa shape index (κ1) is 43.2. The number of rotatable bonds is 9. The van der Waals surface area contributed by atoms with E-state index in [1.165, 1.54) is 16.0 Å². The van der Waals surface area contributed by atoms with Crippen LogP contribution in [0.5, 0.6) is 0 Å². The number of carbonyl (C=O) groups is 1. The lowest BCUT2D eigenvalue weighted by molar-refractivity contribution is -0.121. The van der Waals surface area contributed by atoms with Gasteiger partial charge in [0.05, 0.1) is 22.4 Å². The van der Waals surface area contributed by atoms with Crippen molar-refractivity contribution < 1.29 is 4.79 Å². The number of benzene rings is 7. The van der Waals surface area contributed by atoms with Gasteiger partial charge < -0.3 is 4.90 Å². The van der Waals surface area contributed by atoms with Crippen molar-refractivity contribution in [3.05, 3.63) is 204 Å². The predicted octanol–water partition coefficient (Wildman–Crippen LogP) is 14.6. The molecule has 1 amide bonds. The molecule has 10 rings (SSSR count). The van der Waals surface area contributed by atoms with Crippen molar-refractivity contribution in [2.24, 2.45) is 0 Å². The van der Waals surface area contributed by atoms with Crippen molar-refractivity contribution in [1.29, 1.82) is 0 Å². The van der Waals surface area contributed by atoms with Crippen LogP contribution in [0.15, 0.2) is 187 Å². The van der Waals surface area contributed by atoms with Crippen LogP contribution in [0.1, 0.15) is 56.2 Å². The molecule has 0 unspecified atom stereocenters. The Morgan fingerprint density at radius 2 is 0.910 bits per heavy atom. The minimum atomic E-state index is -0.167. The van der Waals surface area contributed by atoms with E-state index in [9.17, 15) is 4.79 Å². The number of amides is 1. The third-order valence-electron chi connectivity index (χ3n) is 12.9. The molecule has 8 aromatic rings. The third kappa shape index (κ3) is 7.77. The standard InChI is InChI=1S/C59H52N6OS/c1-37(2)46-21-16-22-47(38(3)4)54(46)64-53(34-33-52-58(66)63(7)59(67)62(52)6)65(57-56(64)60-50-23-14-15-24-51(50)61-57)55-48(44-29-25-42(26-30-44)40-17-10-8-11-18-40)35-39(5)36-49(55)45-31-27-43(28-32-45)41-19-12-9-13-20-41/h8-38H,1-7H3/b52-33+,53-34+. The summed E-state index contributed by atoms with van der Waals surface area (Å²) in [5, 5.41) is 0.445. The number of hydrogen-bond donors (Lipinski definition) is 0. The molecule has 2 aliphatic heterocycles. The number of hydrogen-bond acceptors (Lipinski definition) is 6. The summed E-state index contributed by atoms with van der Waals surface area (Å²) in [4.78, 5) is 32.9. The molecule has 1 fully saturated rings. The van der Waals surface area contributed by atoms with E-state index in [2.05, 4.69) is 178 Å². The van der Waals surface area contributed by atoms with Crippen LogP contribution in [-0.4, -0.2) is 44.9 Å². The van der Waals surface area contributed by atoms with Crippen molar-refractivity contribution in [3.63, 3.8) is 0 Å². The van der Waals surface area contributed by atoms with Gasteiger partial charge in [-0.3, -0.25) is 19.5 Å². The maximum Gasteiger partial charge on any atom is 0.276 e. The highest BCUT2D eigenvalue weighted by molar-refractivity contribution is 7.80. The molecule has 0 bridgehead atoms. The molecule has 0 atom stereocenters. The van der Waals surface area contributed by atoms with E-state index >= 15 is 0 Å². The van der Waals surface area contributed by atoms with Gasteiger partial charge in [0, 0.05) is 25.2 Å². The fourth-order valence-electron chi connectivity index (χ4n) is 9.43. The van der Waals surface area contributed by atoms with E-state index in [1.807, 2.05) is 49.5 Å². The summed E-state index contributed by atoms with van der Waals surface area (Å²) in [6.07, 6.45) is 3.97. The van der Waals surface area contributed by atoms with Crippen LogP contribution in [0.4, 0.5) is 23.0 Å².